The first-order valence-electron chi connectivity index (χ1n) is 5.21. The number of benzene rings is 1. The molecular formula is C13H12O4. The van der Waals surface area contributed by atoms with Gasteiger partial charge in [0.1, 0.15) is 24.2 Å². The molecule has 88 valence electrons. The predicted molar refractivity (Wildman–Crippen MR) is 61.3 cm³/mol. The van der Waals surface area contributed by atoms with Gasteiger partial charge >= 0.3 is 5.97 Å². The molecule has 2 rings (SSSR count). The van der Waals surface area contributed by atoms with Crippen LogP contribution in [0.25, 0.3) is 0 Å². The van der Waals surface area contributed by atoms with Crippen LogP contribution >= 0.6 is 0 Å². The van der Waals surface area contributed by atoms with Gasteiger partial charge in [-0.2, -0.15) is 0 Å². The van der Waals surface area contributed by atoms with Gasteiger partial charge in [-0.05, 0) is 24.3 Å². The van der Waals surface area contributed by atoms with E-state index in [-0.39, 0.29) is 6.61 Å². The molecule has 0 spiro atoms. The van der Waals surface area contributed by atoms with Gasteiger partial charge in [0.2, 0.25) is 0 Å². The molecule has 0 aromatic heterocycles. The summed E-state index contributed by atoms with van der Waals surface area (Å²) < 4.78 is 10.1. The summed E-state index contributed by atoms with van der Waals surface area (Å²) in [4.78, 5) is 10.8. The molecule has 1 aliphatic rings. The van der Waals surface area contributed by atoms with Crippen LogP contribution in [-0.4, -0.2) is 23.8 Å². The highest BCUT2D eigenvalue weighted by Gasteiger charge is 2.11. The van der Waals surface area contributed by atoms with E-state index in [9.17, 15) is 9.90 Å². The van der Waals surface area contributed by atoms with E-state index < -0.39 is 12.1 Å². The molecule has 1 aliphatic heterocycles. The monoisotopic (exact) mass is 232 g/mol. The lowest BCUT2D eigenvalue weighted by Crippen LogP contribution is -2.15. The first-order chi connectivity index (χ1) is 8.24. The summed E-state index contributed by atoms with van der Waals surface area (Å²) in [6, 6.07) is 9.18. The largest absolute Gasteiger partial charge is 0.491 e. The van der Waals surface area contributed by atoms with E-state index in [1.54, 1.807) is 12.1 Å². The van der Waals surface area contributed by atoms with Crippen molar-refractivity contribution in [1.29, 1.82) is 0 Å². The minimum absolute atomic E-state index is 0.110. The van der Waals surface area contributed by atoms with Gasteiger partial charge < -0.3 is 14.6 Å². The zero-order chi connectivity index (χ0) is 12.1. The lowest BCUT2D eigenvalue weighted by molar-refractivity contribution is -0.132. The Morgan fingerprint density at radius 2 is 2.06 bits per heavy atom. The van der Waals surface area contributed by atoms with Crippen LogP contribution in [0.3, 0.4) is 0 Å². The normalized spacial score (nSPS) is 18.2. The predicted octanol–water partition coefficient (Wildman–Crippen LogP) is 1.42. The average Bonchev–Trinajstić information content (AvgIpc) is 2.73. The Morgan fingerprint density at radius 3 is 2.71 bits per heavy atom. The van der Waals surface area contributed by atoms with E-state index in [1.807, 2.05) is 18.2 Å². The van der Waals surface area contributed by atoms with Crippen molar-refractivity contribution < 1.29 is 19.4 Å². The van der Waals surface area contributed by atoms with Crippen LogP contribution in [0.15, 0.2) is 54.3 Å². The summed E-state index contributed by atoms with van der Waals surface area (Å²) in [5.41, 5.74) is 0. The summed E-state index contributed by atoms with van der Waals surface area (Å²) in [5, 5.41) is 9.63. The van der Waals surface area contributed by atoms with Crippen LogP contribution in [0, 0.1) is 0 Å². The first kappa shape index (κ1) is 11.4. The van der Waals surface area contributed by atoms with Crippen molar-refractivity contribution in [2.45, 2.75) is 6.10 Å². The molecule has 1 aromatic carbocycles. The summed E-state index contributed by atoms with van der Waals surface area (Å²) in [5.74, 6) is 0.607. The van der Waals surface area contributed by atoms with E-state index in [2.05, 4.69) is 0 Å². The molecule has 0 amide bonds. The first-order valence-corrected chi connectivity index (χ1v) is 5.21. The third-order valence-corrected chi connectivity index (χ3v) is 2.12. The molecule has 0 aliphatic carbocycles. The lowest BCUT2D eigenvalue weighted by Gasteiger charge is -2.09. The number of ether oxygens (including phenoxy) is 2. The maximum atomic E-state index is 10.8. The second kappa shape index (κ2) is 5.32. The van der Waals surface area contributed by atoms with Crippen LogP contribution in [0.1, 0.15) is 0 Å². The van der Waals surface area contributed by atoms with Gasteiger partial charge in [-0.1, -0.05) is 18.2 Å². The Labute approximate surface area is 98.8 Å². The van der Waals surface area contributed by atoms with Gasteiger partial charge in [-0.3, -0.25) is 0 Å². The van der Waals surface area contributed by atoms with Crippen LogP contribution < -0.4 is 4.74 Å². The van der Waals surface area contributed by atoms with Crippen molar-refractivity contribution in [2.75, 3.05) is 6.61 Å². The van der Waals surface area contributed by atoms with Crippen molar-refractivity contribution in [2.24, 2.45) is 0 Å². The molecule has 1 atom stereocenters. The summed E-state index contributed by atoms with van der Waals surface area (Å²) in [7, 11) is 0. The van der Waals surface area contributed by atoms with E-state index >= 15 is 0 Å². The zero-order valence-corrected chi connectivity index (χ0v) is 9.08. The summed E-state index contributed by atoms with van der Waals surface area (Å²) >= 11 is 0. The molecule has 1 unspecified atom stereocenters. The van der Waals surface area contributed by atoms with Crippen LogP contribution in [0.5, 0.6) is 5.75 Å². The fraction of sp³-hybridized carbons (Fsp3) is 0.154. The molecule has 0 radical (unpaired) electrons. The number of aliphatic hydroxyl groups is 1. The zero-order valence-electron chi connectivity index (χ0n) is 9.08. The number of carbonyl (C=O) groups excluding carboxylic acids is 1. The smallest absolute Gasteiger partial charge is 0.336 e. The lowest BCUT2D eigenvalue weighted by atomic mass is 10.3. The third-order valence-electron chi connectivity index (χ3n) is 2.12. The van der Waals surface area contributed by atoms with Crippen molar-refractivity contribution >= 4 is 5.97 Å². The number of aliphatic hydroxyl groups excluding tert-OH is 1. The molecule has 1 N–H and O–H groups in total. The van der Waals surface area contributed by atoms with Crippen molar-refractivity contribution in [1.82, 2.24) is 0 Å². The van der Waals surface area contributed by atoms with Gasteiger partial charge in [-0.25, -0.2) is 4.79 Å². The molecule has 0 bridgehead atoms. The fourth-order valence-electron chi connectivity index (χ4n) is 1.36. The van der Waals surface area contributed by atoms with Crippen LogP contribution in [-0.2, 0) is 9.53 Å². The van der Waals surface area contributed by atoms with E-state index in [0.29, 0.717) is 11.5 Å². The molecule has 4 heteroatoms. The number of rotatable bonds is 4. The van der Waals surface area contributed by atoms with Crippen molar-refractivity contribution in [3.8, 4) is 5.75 Å². The molecule has 1 aromatic rings. The van der Waals surface area contributed by atoms with E-state index in [1.165, 1.54) is 18.2 Å². The number of esters is 1. The van der Waals surface area contributed by atoms with Gasteiger partial charge in [0.25, 0.3) is 0 Å². The minimum Gasteiger partial charge on any atom is -0.491 e. The second-order valence-corrected chi connectivity index (χ2v) is 3.51. The van der Waals surface area contributed by atoms with Crippen LogP contribution in [0.4, 0.5) is 0 Å². The topological polar surface area (TPSA) is 55.8 Å². The standard InChI is InChI=1S/C13H12O4/c14-10(8-12-6-7-13(15)17-12)9-16-11-4-2-1-3-5-11/h1-8,10,14H,9H2. The van der Waals surface area contributed by atoms with Gasteiger partial charge in [0.15, 0.2) is 0 Å². The minimum atomic E-state index is -0.819. The Bertz CT molecular complexity index is 448. The number of hydrogen-bond acceptors (Lipinski definition) is 4. The molecule has 0 saturated heterocycles. The van der Waals surface area contributed by atoms with Gasteiger partial charge in [-0.15, -0.1) is 0 Å². The Hall–Kier alpha value is -2.07. The van der Waals surface area contributed by atoms with Crippen molar-refractivity contribution in [3.05, 3.63) is 54.3 Å². The maximum absolute atomic E-state index is 10.8. The Kier molecular flexibility index (Phi) is 3.57. The highest BCUT2D eigenvalue weighted by atomic mass is 16.5. The molecule has 1 heterocycles. The summed E-state index contributed by atoms with van der Waals surface area (Å²) in [6.45, 7) is 0.110. The third kappa shape index (κ3) is 3.46. The van der Waals surface area contributed by atoms with Gasteiger partial charge in [0.05, 0.1) is 0 Å². The van der Waals surface area contributed by atoms with Gasteiger partial charge in [0, 0.05) is 6.08 Å². The second-order valence-electron chi connectivity index (χ2n) is 3.51. The highest BCUT2D eigenvalue weighted by Crippen LogP contribution is 2.12. The number of para-hydroxylation sites is 1. The SMILES string of the molecule is O=C1C=CC(=CC(O)COc2ccccc2)O1. The fourth-order valence-corrected chi connectivity index (χ4v) is 1.36. The Morgan fingerprint density at radius 1 is 1.29 bits per heavy atom. The average molecular weight is 232 g/mol. The van der Waals surface area contributed by atoms with Crippen molar-refractivity contribution in [3.63, 3.8) is 0 Å². The number of carbonyl (C=O) groups is 1. The molecule has 17 heavy (non-hydrogen) atoms. The van der Waals surface area contributed by atoms with Crippen LogP contribution in [0.2, 0.25) is 0 Å². The molecule has 0 fully saturated rings. The number of hydrogen-bond donors (Lipinski definition) is 1. The summed E-state index contributed by atoms with van der Waals surface area (Å²) in [6.07, 6.45) is 3.43. The van der Waals surface area contributed by atoms with E-state index in [4.69, 9.17) is 9.47 Å². The van der Waals surface area contributed by atoms with E-state index in [0.717, 1.165) is 0 Å². The molecule has 4 nitrogen and oxygen atoms in total. The molecule has 0 saturated carbocycles. The number of cyclic esters (lactones) is 1. The highest BCUT2D eigenvalue weighted by molar-refractivity contribution is 5.86. The maximum Gasteiger partial charge on any atom is 0.336 e. The Balaban J connectivity index is 1.84. The number of allylic oxidation sites excluding steroid dienone is 1. The molecular weight excluding hydrogens is 220 g/mol. The quantitative estimate of drug-likeness (QED) is 0.798.